The molecule has 120 valence electrons. The highest BCUT2D eigenvalue weighted by atomic mass is 16.5. The molecule has 0 aliphatic carbocycles. The first-order valence-electron chi connectivity index (χ1n) is 7.12. The molecule has 0 spiro atoms. The normalized spacial score (nSPS) is 16.1. The van der Waals surface area contributed by atoms with Crippen LogP contribution in [0.4, 0.5) is 11.5 Å². The van der Waals surface area contributed by atoms with Crippen molar-refractivity contribution in [3.05, 3.63) is 18.3 Å². The van der Waals surface area contributed by atoms with E-state index >= 15 is 0 Å². The third-order valence-corrected chi connectivity index (χ3v) is 3.40. The zero-order valence-electron chi connectivity index (χ0n) is 12.5. The average Bonchev–Trinajstić information content (AvgIpc) is 2.53. The number of carbonyl (C=O) groups excluding carboxylic acids is 2. The minimum atomic E-state index is -0.293. The van der Waals surface area contributed by atoms with E-state index in [0.29, 0.717) is 24.6 Å². The van der Waals surface area contributed by atoms with Crippen molar-refractivity contribution in [1.29, 1.82) is 0 Å². The number of ether oxygens (including phenoxy) is 1. The molecule has 1 aromatic heterocycles. The van der Waals surface area contributed by atoms with Gasteiger partial charge in [0.1, 0.15) is 5.82 Å². The van der Waals surface area contributed by atoms with Crippen molar-refractivity contribution in [2.45, 2.75) is 12.5 Å². The lowest BCUT2D eigenvalue weighted by Crippen LogP contribution is -2.48. The van der Waals surface area contributed by atoms with Crippen molar-refractivity contribution in [1.82, 2.24) is 10.3 Å². The van der Waals surface area contributed by atoms with Gasteiger partial charge in [0.2, 0.25) is 11.8 Å². The first-order chi connectivity index (χ1) is 10.6. The fourth-order valence-corrected chi connectivity index (χ4v) is 2.16. The van der Waals surface area contributed by atoms with Crippen molar-refractivity contribution in [3.63, 3.8) is 0 Å². The van der Waals surface area contributed by atoms with Gasteiger partial charge in [-0.1, -0.05) is 0 Å². The third kappa shape index (κ3) is 4.40. The number of anilines is 2. The number of carbonyl (C=O) groups is 2. The highest BCUT2D eigenvalue weighted by Gasteiger charge is 2.17. The van der Waals surface area contributed by atoms with Crippen LogP contribution in [-0.2, 0) is 14.3 Å². The van der Waals surface area contributed by atoms with Crippen LogP contribution in [0.1, 0.15) is 6.42 Å². The standard InChI is InChI=1S/C14H21N5O3/c1-22-11(7-15)6-13(20)18-10-2-3-12(17-8-10)19-5-4-16-14(21)9-19/h2-3,8,11H,4-7,9,15H2,1H3,(H,16,21)(H,18,20). The number of nitrogens with two attached hydrogens (primary N) is 1. The molecule has 2 rings (SSSR count). The second kappa shape index (κ2) is 7.71. The van der Waals surface area contributed by atoms with Crippen molar-refractivity contribution in [2.24, 2.45) is 5.73 Å². The topological polar surface area (TPSA) is 110 Å². The van der Waals surface area contributed by atoms with Crippen LogP contribution in [-0.4, -0.2) is 56.2 Å². The predicted molar refractivity (Wildman–Crippen MR) is 82.6 cm³/mol. The summed E-state index contributed by atoms with van der Waals surface area (Å²) in [7, 11) is 1.52. The Bertz CT molecular complexity index is 516. The van der Waals surface area contributed by atoms with Crippen LogP contribution in [0.15, 0.2) is 18.3 Å². The molecule has 1 saturated heterocycles. The smallest absolute Gasteiger partial charge is 0.239 e. The van der Waals surface area contributed by atoms with Gasteiger partial charge in [0, 0.05) is 26.7 Å². The van der Waals surface area contributed by atoms with Gasteiger partial charge in [-0.2, -0.15) is 0 Å². The number of nitrogens with zero attached hydrogens (tertiary/aromatic N) is 2. The van der Waals surface area contributed by atoms with Gasteiger partial charge in [-0.05, 0) is 12.1 Å². The summed E-state index contributed by atoms with van der Waals surface area (Å²) in [5, 5.41) is 5.51. The van der Waals surface area contributed by atoms with Gasteiger partial charge in [-0.3, -0.25) is 9.59 Å². The van der Waals surface area contributed by atoms with Crippen LogP contribution in [0.5, 0.6) is 0 Å². The first-order valence-corrected chi connectivity index (χ1v) is 7.12. The Kier molecular flexibility index (Phi) is 5.68. The molecule has 0 saturated carbocycles. The zero-order valence-corrected chi connectivity index (χ0v) is 12.5. The summed E-state index contributed by atoms with van der Waals surface area (Å²) in [6.45, 7) is 1.91. The summed E-state index contributed by atoms with van der Waals surface area (Å²) in [5.74, 6) is 0.520. The Morgan fingerprint density at radius 3 is 3.00 bits per heavy atom. The maximum Gasteiger partial charge on any atom is 0.239 e. The van der Waals surface area contributed by atoms with Gasteiger partial charge >= 0.3 is 0 Å². The summed E-state index contributed by atoms with van der Waals surface area (Å²) in [4.78, 5) is 29.4. The van der Waals surface area contributed by atoms with Gasteiger partial charge in [-0.25, -0.2) is 4.98 Å². The molecule has 0 aromatic carbocycles. The lowest BCUT2D eigenvalue weighted by atomic mass is 10.2. The number of hydrogen-bond acceptors (Lipinski definition) is 6. The summed E-state index contributed by atoms with van der Waals surface area (Å²) < 4.78 is 5.07. The summed E-state index contributed by atoms with van der Waals surface area (Å²) >= 11 is 0. The van der Waals surface area contributed by atoms with Gasteiger partial charge in [0.05, 0.1) is 31.0 Å². The minimum Gasteiger partial charge on any atom is -0.380 e. The maximum absolute atomic E-state index is 11.8. The number of aromatic nitrogens is 1. The van der Waals surface area contributed by atoms with Crippen LogP contribution in [0.3, 0.4) is 0 Å². The van der Waals surface area contributed by atoms with E-state index in [0.717, 1.165) is 6.54 Å². The number of piperazine rings is 1. The maximum atomic E-state index is 11.8. The van der Waals surface area contributed by atoms with E-state index in [1.165, 1.54) is 7.11 Å². The van der Waals surface area contributed by atoms with Gasteiger partial charge in [-0.15, -0.1) is 0 Å². The fraction of sp³-hybridized carbons (Fsp3) is 0.500. The zero-order chi connectivity index (χ0) is 15.9. The summed E-state index contributed by atoms with van der Waals surface area (Å²) in [6.07, 6.45) is 1.48. The molecular formula is C14H21N5O3. The molecule has 1 aliphatic heterocycles. The Hall–Kier alpha value is -2.19. The first kappa shape index (κ1) is 16.2. The van der Waals surface area contributed by atoms with Gasteiger partial charge in [0.25, 0.3) is 0 Å². The SMILES string of the molecule is COC(CN)CC(=O)Nc1ccc(N2CCNC(=O)C2)nc1. The van der Waals surface area contributed by atoms with Crippen LogP contribution in [0.25, 0.3) is 0 Å². The molecule has 8 nitrogen and oxygen atoms in total. The van der Waals surface area contributed by atoms with Crippen molar-refractivity contribution < 1.29 is 14.3 Å². The molecule has 8 heteroatoms. The van der Waals surface area contributed by atoms with Crippen LogP contribution >= 0.6 is 0 Å². The molecule has 2 heterocycles. The highest BCUT2D eigenvalue weighted by Crippen LogP contribution is 2.15. The minimum absolute atomic E-state index is 0.0159. The number of hydrogen-bond donors (Lipinski definition) is 3. The molecule has 1 aliphatic rings. The largest absolute Gasteiger partial charge is 0.380 e. The molecule has 2 amide bonds. The molecule has 0 radical (unpaired) electrons. The molecule has 1 atom stereocenters. The summed E-state index contributed by atoms with van der Waals surface area (Å²) in [5.41, 5.74) is 6.08. The Morgan fingerprint density at radius 2 is 2.41 bits per heavy atom. The van der Waals surface area contributed by atoms with E-state index in [1.54, 1.807) is 18.3 Å². The van der Waals surface area contributed by atoms with E-state index in [1.807, 2.05) is 4.90 Å². The third-order valence-electron chi connectivity index (χ3n) is 3.40. The molecule has 1 unspecified atom stereocenters. The summed E-state index contributed by atoms with van der Waals surface area (Å²) in [6, 6.07) is 3.54. The Labute approximate surface area is 129 Å². The average molecular weight is 307 g/mol. The molecule has 4 N–H and O–H groups in total. The fourth-order valence-electron chi connectivity index (χ4n) is 2.16. The van der Waals surface area contributed by atoms with Crippen LogP contribution in [0.2, 0.25) is 0 Å². The second-order valence-corrected chi connectivity index (χ2v) is 5.02. The highest BCUT2D eigenvalue weighted by molar-refractivity contribution is 5.91. The van der Waals surface area contributed by atoms with Crippen LogP contribution in [0, 0.1) is 0 Å². The number of methoxy groups -OCH3 is 1. The number of amides is 2. The molecule has 0 bridgehead atoms. The second-order valence-electron chi connectivity index (χ2n) is 5.02. The number of pyridine rings is 1. The Balaban J connectivity index is 1.91. The molecule has 1 aromatic rings. The van der Waals surface area contributed by atoms with Crippen molar-refractivity contribution >= 4 is 23.3 Å². The van der Waals surface area contributed by atoms with E-state index in [9.17, 15) is 9.59 Å². The quantitative estimate of drug-likeness (QED) is 0.642. The monoisotopic (exact) mass is 307 g/mol. The van der Waals surface area contributed by atoms with E-state index in [-0.39, 0.29) is 30.9 Å². The van der Waals surface area contributed by atoms with Gasteiger partial charge in [0.15, 0.2) is 0 Å². The molecular weight excluding hydrogens is 286 g/mol. The lowest BCUT2D eigenvalue weighted by molar-refractivity contribution is -0.120. The predicted octanol–water partition coefficient (Wildman–Crippen LogP) is -0.680. The van der Waals surface area contributed by atoms with Crippen molar-refractivity contribution in [2.75, 3.05) is 43.5 Å². The number of rotatable bonds is 6. The lowest BCUT2D eigenvalue weighted by Gasteiger charge is -2.27. The van der Waals surface area contributed by atoms with Crippen LogP contribution < -0.4 is 21.3 Å². The molecule has 22 heavy (non-hydrogen) atoms. The van der Waals surface area contributed by atoms with Crippen molar-refractivity contribution in [3.8, 4) is 0 Å². The van der Waals surface area contributed by atoms with E-state index < -0.39 is 0 Å². The number of nitrogens with one attached hydrogen (secondary N) is 2. The van der Waals surface area contributed by atoms with E-state index in [2.05, 4.69) is 15.6 Å². The molecule has 1 fully saturated rings. The Morgan fingerprint density at radius 1 is 1.59 bits per heavy atom. The van der Waals surface area contributed by atoms with E-state index in [4.69, 9.17) is 10.5 Å². The van der Waals surface area contributed by atoms with Gasteiger partial charge < -0.3 is 26.0 Å².